The number of carboxylic acid groups (broad SMARTS) is 1. The van der Waals surface area contributed by atoms with Crippen LogP contribution in [0.2, 0.25) is 0 Å². The van der Waals surface area contributed by atoms with Crippen LogP contribution in [-0.4, -0.2) is 38.3 Å². The van der Waals surface area contributed by atoms with Gasteiger partial charge >= 0.3 is 5.97 Å². The van der Waals surface area contributed by atoms with Crippen LogP contribution in [0.4, 0.5) is 22.7 Å². The van der Waals surface area contributed by atoms with Gasteiger partial charge in [0.2, 0.25) is 10.0 Å². The van der Waals surface area contributed by atoms with Crippen LogP contribution >= 0.6 is 0 Å². The molecule has 2 aromatic rings. The SMILES string of the molecule is CCN(CC)c1ccc(N=Nc2c(C#N)cc(C)cc2C#N)c(NS(=O)(=O)CC(=O)O)c1. The fraction of sp³-hybridized carbons (Fsp3) is 0.286. The highest BCUT2D eigenvalue weighted by Crippen LogP contribution is 2.34. The lowest BCUT2D eigenvalue weighted by Gasteiger charge is -2.22. The number of hydrogen-bond acceptors (Lipinski definition) is 8. The summed E-state index contributed by atoms with van der Waals surface area (Å²) in [6.07, 6.45) is 0. The molecule has 0 saturated carbocycles. The van der Waals surface area contributed by atoms with Crippen molar-refractivity contribution in [3.05, 3.63) is 47.0 Å². The third kappa shape index (κ3) is 6.03. The Morgan fingerprint density at radius 1 is 1.09 bits per heavy atom. The third-order valence-electron chi connectivity index (χ3n) is 4.44. The first-order valence-corrected chi connectivity index (χ1v) is 11.3. The molecule has 0 amide bonds. The number of hydrogen-bond donors (Lipinski definition) is 2. The molecule has 2 N–H and O–H groups in total. The van der Waals surface area contributed by atoms with E-state index in [9.17, 15) is 23.7 Å². The van der Waals surface area contributed by atoms with E-state index in [0.29, 0.717) is 24.3 Å². The summed E-state index contributed by atoms with van der Waals surface area (Å²) in [4.78, 5) is 12.9. The highest BCUT2D eigenvalue weighted by atomic mass is 32.2. The van der Waals surface area contributed by atoms with E-state index in [-0.39, 0.29) is 28.2 Å². The Bertz CT molecular complexity index is 1200. The highest BCUT2D eigenvalue weighted by Gasteiger charge is 2.19. The Labute approximate surface area is 186 Å². The number of anilines is 2. The maximum atomic E-state index is 12.2. The van der Waals surface area contributed by atoms with Gasteiger partial charge in [-0.2, -0.15) is 10.5 Å². The summed E-state index contributed by atoms with van der Waals surface area (Å²) in [6, 6.07) is 11.9. The Hall–Kier alpha value is -3.96. The number of sulfonamides is 1. The van der Waals surface area contributed by atoms with E-state index in [1.54, 1.807) is 25.1 Å². The van der Waals surface area contributed by atoms with Crippen molar-refractivity contribution in [3.8, 4) is 12.1 Å². The van der Waals surface area contributed by atoms with E-state index >= 15 is 0 Å². The van der Waals surface area contributed by atoms with Crippen molar-refractivity contribution in [2.24, 2.45) is 10.2 Å². The lowest BCUT2D eigenvalue weighted by molar-refractivity contribution is -0.134. The smallest absolute Gasteiger partial charge is 0.320 e. The topological polar surface area (TPSA) is 159 Å². The molecule has 0 aliphatic heterocycles. The fourth-order valence-corrected chi connectivity index (χ4v) is 3.90. The van der Waals surface area contributed by atoms with Gasteiger partial charge in [-0.3, -0.25) is 9.52 Å². The predicted octanol–water partition coefficient (Wildman–Crippen LogP) is 3.83. The van der Waals surface area contributed by atoms with Gasteiger partial charge in [-0.05, 0) is 56.7 Å². The van der Waals surface area contributed by atoms with Gasteiger partial charge in [0.05, 0.1) is 16.8 Å². The number of azo groups is 1. The molecule has 10 nitrogen and oxygen atoms in total. The molecule has 2 rings (SSSR count). The number of aryl methyl sites for hydroxylation is 1. The maximum Gasteiger partial charge on any atom is 0.320 e. The van der Waals surface area contributed by atoms with Gasteiger partial charge < -0.3 is 10.0 Å². The summed E-state index contributed by atoms with van der Waals surface area (Å²) < 4.78 is 26.7. The highest BCUT2D eigenvalue weighted by molar-refractivity contribution is 7.93. The van der Waals surface area contributed by atoms with Crippen LogP contribution in [0.15, 0.2) is 40.6 Å². The van der Waals surface area contributed by atoms with Gasteiger partial charge in [-0.15, -0.1) is 10.2 Å². The Balaban J connectivity index is 2.60. The Kier molecular flexibility index (Phi) is 7.88. The van der Waals surface area contributed by atoms with Crippen LogP contribution < -0.4 is 9.62 Å². The molecular weight excluding hydrogens is 432 g/mol. The Morgan fingerprint density at radius 3 is 2.19 bits per heavy atom. The quantitative estimate of drug-likeness (QED) is 0.545. The lowest BCUT2D eigenvalue weighted by atomic mass is 10.1. The molecular formula is C21H22N6O4S. The van der Waals surface area contributed by atoms with Crippen molar-refractivity contribution in [1.82, 2.24) is 0 Å². The summed E-state index contributed by atoms with van der Waals surface area (Å²) >= 11 is 0. The molecule has 0 bridgehead atoms. The summed E-state index contributed by atoms with van der Waals surface area (Å²) in [5, 5.41) is 35.8. The maximum absolute atomic E-state index is 12.2. The van der Waals surface area contributed by atoms with E-state index in [2.05, 4.69) is 15.0 Å². The van der Waals surface area contributed by atoms with E-state index < -0.39 is 21.7 Å². The molecule has 166 valence electrons. The average molecular weight is 455 g/mol. The standard InChI is InChI=1S/C21H22N6O4S/c1-4-27(5-2)17-6-7-18(19(10-17)26-32(30,31)13-20(28)29)24-25-21-15(11-22)8-14(3)9-16(21)12-23/h6-10,26H,4-5,13H2,1-3H3,(H,28,29). The number of carbonyl (C=O) groups is 1. The molecule has 0 aromatic heterocycles. The molecule has 0 saturated heterocycles. The number of carboxylic acids is 1. The zero-order chi connectivity index (χ0) is 23.9. The zero-order valence-electron chi connectivity index (χ0n) is 17.8. The molecule has 0 spiro atoms. The van der Waals surface area contributed by atoms with Crippen molar-refractivity contribution in [2.45, 2.75) is 20.8 Å². The van der Waals surface area contributed by atoms with Crippen LogP contribution in [-0.2, 0) is 14.8 Å². The number of rotatable bonds is 9. The lowest BCUT2D eigenvalue weighted by Crippen LogP contribution is -2.24. The number of nitriles is 2. The average Bonchev–Trinajstić information content (AvgIpc) is 2.72. The zero-order valence-corrected chi connectivity index (χ0v) is 18.6. The number of benzene rings is 2. The molecule has 0 fully saturated rings. The molecule has 0 atom stereocenters. The second-order valence-electron chi connectivity index (χ2n) is 6.76. The first kappa shape index (κ1) is 24.3. The molecule has 11 heteroatoms. The van der Waals surface area contributed by atoms with E-state index in [4.69, 9.17) is 5.11 Å². The Morgan fingerprint density at radius 2 is 1.69 bits per heavy atom. The van der Waals surface area contributed by atoms with Gasteiger partial charge in [0.25, 0.3) is 0 Å². The van der Waals surface area contributed by atoms with Crippen LogP contribution in [0, 0.1) is 29.6 Å². The van der Waals surface area contributed by atoms with Crippen LogP contribution in [0.5, 0.6) is 0 Å². The van der Waals surface area contributed by atoms with Crippen molar-refractivity contribution in [1.29, 1.82) is 10.5 Å². The van der Waals surface area contributed by atoms with Crippen molar-refractivity contribution >= 4 is 38.7 Å². The second-order valence-corrected chi connectivity index (χ2v) is 8.48. The molecule has 32 heavy (non-hydrogen) atoms. The van der Waals surface area contributed by atoms with Crippen molar-refractivity contribution < 1.29 is 18.3 Å². The molecule has 0 unspecified atom stereocenters. The predicted molar refractivity (Wildman–Crippen MR) is 120 cm³/mol. The minimum absolute atomic E-state index is 0.0310. The van der Waals surface area contributed by atoms with Gasteiger partial charge in [-0.25, -0.2) is 8.42 Å². The number of nitrogens with one attached hydrogen (secondary N) is 1. The van der Waals surface area contributed by atoms with E-state index in [0.717, 1.165) is 0 Å². The molecule has 0 aliphatic carbocycles. The monoisotopic (exact) mass is 454 g/mol. The molecule has 0 heterocycles. The molecule has 0 radical (unpaired) electrons. The van der Waals surface area contributed by atoms with Crippen molar-refractivity contribution in [2.75, 3.05) is 28.5 Å². The second kappa shape index (κ2) is 10.4. The van der Waals surface area contributed by atoms with Gasteiger partial charge in [0.15, 0.2) is 5.75 Å². The van der Waals surface area contributed by atoms with Gasteiger partial charge in [0.1, 0.15) is 23.5 Å². The minimum atomic E-state index is -4.20. The van der Waals surface area contributed by atoms with E-state index in [1.807, 2.05) is 30.9 Å². The largest absolute Gasteiger partial charge is 0.480 e. The first-order chi connectivity index (χ1) is 15.1. The minimum Gasteiger partial charge on any atom is -0.480 e. The van der Waals surface area contributed by atoms with Crippen LogP contribution in [0.25, 0.3) is 0 Å². The first-order valence-electron chi connectivity index (χ1n) is 9.61. The number of nitrogens with zero attached hydrogens (tertiary/aromatic N) is 5. The summed E-state index contributed by atoms with van der Waals surface area (Å²) in [5.41, 5.74) is 1.91. The van der Waals surface area contributed by atoms with Crippen LogP contribution in [0.1, 0.15) is 30.5 Å². The number of aliphatic carboxylic acids is 1. The summed E-state index contributed by atoms with van der Waals surface area (Å²) in [7, 11) is -4.20. The fourth-order valence-electron chi connectivity index (χ4n) is 3.01. The van der Waals surface area contributed by atoms with Gasteiger partial charge in [-0.1, -0.05) is 0 Å². The van der Waals surface area contributed by atoms with Crippen LogP contribution in [0.3, 0.4) is 0 Å². The molecule has 2 aromatic carbocycles. The third-order valence-corrected chi connectivity index (χ3v) is 5.60. The van der Waals surface area contributed by atoms with E-state index in [1.165, 1.54) is 12.1 Å². The van der Waals surface area contributed by atoms with Crippen molar-refractivity contribution in [3.63, 3.8) is 0 Å². The summed E-state index contributed by atoms with van der Waals surface area (Å²) in [5.74, 6) is -2.62. The normalized spacial score (nSPS) is 11.0. The summed E-state index contributed by atoms with van der Waals surface area (Å²) in [6.45, 7) is 6.95. The van der Waals surface area contributed by atoms with Gasteiger partial charge in [0, 0.05) is 18.8 Å². The molecule has 0 aliphatic rings.